The van der Waals surface area contributed by atoms with Crippen LogP contribution in [0.25, 0.3) is 0 Å². The molecule has 0 unspecified atom stereocenters. The number of hydrogen-bond donors (Lipinski definition) is 0. The van der Waals surface area contributed by atoms with Gasteiger partial charge in [-0.3, -0.25) is 0 Å². The SMILES string of the molecule is CCCCCCCCCCCCCCCCCCOC(=O)/C(C)=C/C=C(\C)C(=O)OCCCC. The minimum Gasteiger partial charge on any atom is -0.462 e. The predicted molar refractivity (Wildman–Crippen MR) is 144 cm³/mol. The first-order valence-corrected chi connectivity index (χ1v) is 14.2. The van der Waals surface area contributed by atoms with Crippen molar-refractivity contribution >= 4 is 11.9 Å². The minimum atomic E-state index is -0.334. The summed E-state index contributed by atoms with van der Waals surface area (Å²) < 4.78 is 10.5. The van der Waals surface area contributed by atoms with Gasteiger partial charge in [0.2, 0.25) is 0 Å². The van der Waals surface area contributed by atoms with E-state index < -0.39 is 0 Å². The van der Waals surface area contributed by atoms with Gasteiger partial charge in [0.15, 0.2) is 0 Å². The summed E-state index contributed by atoms with van der Waals surface area (Å²) in [6.07, 6.45) is 26.3. The van der Waals surface area contributed by atoms with Gasteiger partial charge >= 0.3 is 11.9 Å². The Hall–Kier alpha value is -1.58. The zero-order chi connectivity index (χ0) is 25.3. The summed E-state index contributed by atoms with van der Waals surface area (Å²) in [4.78, 5) is 23.9. The molecule has 0 fully saturated rings. The molecule has 0 spiro atoms. The van der Waals surface area contributed by atoms with Gasteiger partial charge < -0.3 is 9.47 Å². The van der Waals surface area contributed by atoms with Gasteiger partial charge in [-0.2, -0.15) is 0 Å². The van der Waals surface area contributed by atoms with Crippen molar-refractivity contribution in [3.05, 3.63) is 23.3 Å². The van der Waals surface area contributed by atoms with Crippen molar-refractivity contribution in [3.8, 4) is 0 Å². The number of carbonyl (C=O) groups is 2. The number of hydrogen-bond acceptors (Lipinski definition) is 4. The van der Waals surface area contributed by atoms with Gasteiger partial charge in [-0.1, -0.05) is 129 Å². The number of carbonyl (C=O) groups excluding carboxylic acids is 2. The second-order valence-electron chi connectivity index (χ2n) is 9.63. The third-order valence-electron chi connectivity index (χ3n) is 6.19. The fourth-order valence-electron chi connectivity index (χ4n) is 3.74. The van der Waals surface area contributed by atoms with Crippen molar-refractivity contribution in [2.24, 2.45) is 0 Å². The van der Waals surface area contributed by atoms with E-state index in [0.29, 0.717) is 24.4 Å². The van der Waals surface area contributed by atoms with Crippen LogP contribution in [0.1, 0.15) is 143 Å². The summed E-state index contributed by atoms with van der Waals surface area (Å²) in [6.45, 7) is 8.63. The van der Waals surface area contributed by atoms with Gasteiger partial charge in [-0.15, -0.1) is 0 Å². The summed E-state index contributed by atoms with van der Waals surface area (Å²) in [5.41, 5.74) is 0.984. The van der Waals surface area contributed by atoms with Crippen molar-refractivity contribution < 1.29 is 19.1 Å². The Bertz CT molecular complexity index is 562. The highest BCUT2D eigenvalue weighted by Crippen LogP contribution is 2.14. The van der Waals surface area contributed by atoms with E-state index in [1.807, 2.05) is 6.92 Å². The lowest BCUT2D eigenvalue weighted by Gasteiger charge is -2.06. The molecule has 198 valence electrons. The maximum absolute atomic E-state index is 12.1. The van der Waals surface area contributed by atoms with Crippen molar-refractivity contribution in [2.75, 3.05) is 13.2 Å². The number of esters is 2. The van der Waals surface area contributed by atoms with Crippen LogP contribution in [-0.2, 0) is 19.1 Å². The summed E-state index contributed by atoms with van der Waals surface area (Å²) in [7, 11) is 0. The van der Waals surface area contributed by atoms with E-state index in [1.165, 1.54) is 89.9 Å². The molecule has 4 nitrogen and oxygen atoms in total. The van der Waals surface area contributed by atoms with Gasteiger partial charge in [0, 0.05) is 11.1 Å². The summed E-state index contributed by atoms with van der Waals surface area (Å²) in [6, 6.07) is 0. The first-order valence-electron chi connectivity index (χ1n) is 14.2. The second kappa shape index (κ2) is 24.5. The quantitative estimate of drug-likeness (QED) is 0.0636. The highest BCUT2D eigenvalue weighted by atomic mass is 16.5. The zero-order valence-electron chi connectivity index (χ0n) is 22.9. The lowest BCUT2D eigenvalue weighted by atomic mass is 10.0. The number of rotatable bonds is 23. The normalized spacial score (nSPS) is 12.1. The van der Waals surface area contributed by atoms with Crippen LogP contribution in [-0.4, -0.2) is 25.2 Å². The van der Waals surface area contributed by atoms with Crippen LogP contribution in [0.5, 0.6) is 0 Å². The van der Waals surface area contributed by atoms with Gasteiger partial charge in [0.1, 0.15) is 0 Å². The predicted octanol–water partition coefficient (Wildman–Crippen LogP) is 9.03. The number of allylic oxidation sites excluding steroid dienone is 2. The molecule has 0 N–H and O–H groups in total. The molecule has 0 amide bonds. The van der Waals surface area contributed by atoms with E-state index in [4.69, 9.17) is 9.47 Å². The third-order valence-corrected chi connectivity index (χ3v) is 6.19. The maximum Gasteiger partial charge on any atom is 0.333 e. The third kappa shape index (κ3) is 21.0. The topological polar surface area (TPSA) is 52.6 Å². The fraction of sp³-hybridized carbons (Fsp3) is 0.800. The van der Waals surface area contributed by atoms with Crippen LogP contribution >= 0.6 is 0 Å². The fourth-order valence-corrected chi connectivity index (χ4v) is 3.74. The first kappa shape index (κ1) is 32.4. The highest BCUT2D eigenvalue weighted by Gasteiger charge is 2.07. The highest BCUT2D eigenvalue weighted by molar-refractivity contribution is 5.90. The zero-order valence-corrected chi connectivity index (χ0v) is 22.9. The molecule has 0 saturated carbocycles. The Labute approximate surface area is 210 Å². The standard InChI is InChI=1S/C30H54O4/c1-5-7-9-10-11-12-13-14-15-16-17-18-19-20-21-22-26-34-30(32)28(4)24-23-27(3)29(31)33-25-8-6-2/h23-24H,5-22,25-26H2,1-4H3/b27-23+,28-24+. The van der Waals surface area contributed by atoms with Crippen LogP contribution in [0.4, 0.5) is 0 Å². The summed E-state index contributed by atoms with van der Waals surface area (Å²) in [5, 5.41) is 0. The summed E-state index contributed by atoms with van der Waals surface area (Å²) in [5.74, 6) is -0.650. The van der Waals surface area contributed by atoms with Gasteiger partial charge in [-0.25, -0.2) is 9.59 Å². The Balaban J connectivity index is 3.60. The van der Waals surface area contributed by atoms with E-state index in [-0.39, 0.29) is 11.9 Å². The molecular formula is C30H54O4. The van der Waals surface area contributed by atoms with Crippen LogP contribution in [0.3, 0.4) is 0 Å². The monoisotopic (exact) mass is 478 g/mol. The van der Waals surface area contributed by atoms with E-state index in [2.05, 4.69) is 6.92 Å². The molecule has 0 aromatic carbocycles. The van der Waals surface area contributed by atoms with Crippen LogP contribution < -0.4 is 0 Å². The molecule has 0 aliphatic rings. The Kier molecular flexibility index (Phi) is 23.4. The average Bonchev–Trinajstić information content (AvgIpc) is 2.84. The molecule has 0 saturated heterocycles. The van der Waals surface area contributed by atoms with Gasteiger partial charge in [0.25, 0.3) is 0 Å². The van der Waals surface area contributed by atoms with E-state index in [9.17, 15) is 9.59 Å². The Morgan fingerprint density at radius 1 is 0.471 bits per heavy atom. The van der Waals surface area contributed by atoms with Crippen LogP contribution in [0, 0.1) is 0 Å². The smallest absolute Gasteiger partial charge is 0.333 e. The molecule has 34 heavy (non-hydrogen) atoms. The number of ether oxygens (including phenoxy) is 2. The molecule has 0 radical (unpaired) electrons. The van der Waals surface area contributed by atoms with Crippen LogP contribution in [0.15, 0.2) is 23.3 Å². The lowest BCUT2D eigenvalue weighted by Crippen LogP contribution is -2.08. The van der Waals surface area contributed by atoms with Gasteiger partial charge in [0.05, 0.1) is 13.2 Å². The van der Waals surface area contributed by atoms with Crippen molar-refractivity contribution in [1.29, 1.82) is 0 Å². The van der Waals surface area contributed by atoms with E-state index in [0.717, 1.165) is 25.7 Å². The molecule has 0 heterocycles. The molecule has 0 bridgehead atoms. The Morgan fingerprint density at radius 2 is 0.765 bits per heavy atom. The molecule has 0 aliphatic heterocycles. The number of unbranched alkanes of at least 4 members (excludes halogenated alkanes) is 16. The molecular weight excluding hydrogens is 424 g/mol. The molecule has 0 aromatic heterocycles. The van der Waals surface area contributed by atoms with E-state index in [1.54, 1.807) is 26.0 Å². The molecule has 0 aliphatic carbocycles. The molecule has 0 atom stereocenters. The van der Waals surface area contributed by atoms with Crippen molar-refractivity contribution in [2.45, 2.75) is 143 Å². The largest absolute Gasteiger partial charge is 0.462 e. The maximum atomic E-state index is 12.1. The van der Waals surface area contributed by atoms with E-state index >= 15 is 0 Å². The summed E-state index contributed by atoms with van der Waals surface area (Å²) >= 11 is 0. The average molecular weight is 479 g/mol. The van der Waals surface area contributed by atoms with Crippen molar-refractivity contribution in [3.63, 3.8) is 0 Å². The minimum absolute atomic E-state index is 0.315. The second-order valence-corrected chi connectivity index (χ2v) is 9.63. The van der Waals surface area contributed by atoms with Crippen molar-refractivity contribution in [1.82, 2.24) is 0 Å². The molecule has 4 heteroatoms. The first-order chi connectivity index (χ1) is 16.5. The molecule has 0 aromatic rings. The Morgan fingerprint density at radius 3 is 1.12 bits per heavy atom. The van der Waals surface area contributed by atoms with Crippen LogP contribution in [0.2, 0.25) is 0 Å². The van der Waals surface area contributed by atoms with Gasteiger partial charge in [-0.05, 0) is 26.7 Å². The molecule has 0 rings (SSSR count). The lowest BCUT2D eigenvalue weighted by molar-refractivity contribution is -0.140.